The molecule has 0 fully saturated rings. The van der Waals surface area contributed by atoms with E-state index in [1.54, 1.807) is 0 Å². The Hall–Kier alpha value is -3.62. The Labute approximate surface area is 142 Å². The van der Waals surface area contributed by atoms with Crippen LogP contribution in [0.2, 0.25) is 0 Å². The highest BCUT2D eigenvalue weighted by atomic mass is 16.6. The smallest absolute Gasteiger partial charge is 0.311 e. The lowest BCUT2D eigenvalue weighted by atomic mass is 10.1. The molecule has 0 spiro atoms. The highest BCUT2D eigenvalue weighted by Crippen LogP contribution is 2.33. The molecule has 3 rings (SSSR count). The van der Waals surface area contributed by atoms with Crippen molar-refractivity contribution in [2.45, 2.75) is 0 Å². The Kier molecular flexibility index (Phi) is 4.46. The number of methoxy groups -OCH3 is 2. The van der Waals surface area contributed by atoms with E-state index in [0.717, 1.165) is 11.0 Å². The van der Waals surface area contributed by atoms with Gasteiger partial charge in [-0.2, -0.15) is 5.10 Å². The predicted molar refractivity (Wildman–Crippen MR) is 93.5 cm³/mol. The minimum Gasteiger partial charge on any atom is -0.496 e. The highest BCUT2D eigenvalue weighted by molar-refractivity contribution is 5.86. The van der Waals surface area contributed by atoms with Crippen LogP contribution in [-0.2, 0) is 0 Å². The van der Waals surface area contributed by atoms with Gasteiger partial charge in [-0.1, -0.05) is 12.1 Å². The highest BCUT2D eigenvalue weighted by Gasteiger charge is 2.18. The lowest BCUT2D eigenvalue weighted by molar-refractivity contribution is -0.385. The Morgan fingerprint density at radius 2 is 2.00 bits per heavy atom. The second kappa shape index (κ2) is 6.87. The first-order valence-electron chi connectivity index (χ1n) is 7.26. The molecule has 0 saturated carbocycles. The lowest BCUT2D eigenvalue weighted by Gasteiger charge is -2.08. The molecular weight excluding hydrogens is 326 g/mol. The van der Waals surface area contributed by atoms with Crippen LogP contribution in [0.4, 0.5) is 11.6 Å². The average Bonchev–Trinajstić information content (AvgIpc) is 3.03. The molecule has 0 saturated heterocycles. The molecule has 128 valence electrons. The van der Waals surface area contributed by atoms with Gasteiger partial charge in [-0.3, -0.25) is 10.1 Å². The second-order valence-electron chi connectivity index (χ2n) is 5.00. The van der Waals surface area contributed by atoms with Crippen molar-refractivity contribution >= 4 is 28.9 Å². The van der Waals surface area contributed by atoms with Crippen molar-refractivity contribution in [3.05, 3.63) is 52.1 Å². The van der Waals surface area contributed by atoms with Crippen LogP contribution in [0.25, 0.3) is 11.0 Å². The summed E-state index contributed by atoms with van der Waals surface area (Å²) in [6.07, 6.45) is 1.42. The van der Waals surface area contributed by atoms with Crippen LogP contribution < -0.4 is 14.9 Å². The van der Waals surface area contributed by atoms with E-state index in [1.165, 1.54) is 32.6 Å². The summed E-state index contributed by atoms with van der Waals surface area (Å²) in [5.41, 5.74) is 4.69. The van der Waals surface area contributed by atoms with Crippen molar-refractivity contribution in [1.82, 2.24) is 9.97 Å². The van der Waals surface area contributed by atoms with Gasteiger partial charge in [0, 0.05) is 17.7 Å². The fourth-order valence-corrected chi connectivity index (χ4v) is 2.32. The summed E-state index contributed by atoms with van der Waals surface area (Å²) < 4.78 is 10.2. The van der Waals surface area contributed by atoms with E-state index < -0.39 is 4.92 Å². The Balaban J connectivity index is 1.86. The van der Waals surface area contributed by atoms with E-state index in [-0.39, 0.29) is 11.4 Å². The number of nitro groups is 1. The molecule has 0 unspecified atom stereocenters. The maximum atomic E-state index is 11.1. The zero-order chi connectivity index (χ0) is 17.8. The van der Waals surface area contributed by atoms with Gasteiger partial charge in [-0.25, -0.2) is 10.4 Å². The largest absolute Gasteiger partial charge is 0.496 e. The number of hydrogen-bond acceptors (Lipinski definition) is 7. The SMILES string of the molecule is COc1cc(OC)c([N+](=O)[O-])cc1/C=N/Nc1nc2ccccc2[nH]1. The second-order valence-corrected chi connectivity index (χ2v) is 5.00. The normalized spacial score (nSPS) is 11.0. The topological polar surface area (TPSA) is 115 Å². The van der Waals surface area contributed by atoms with E-state index in [4.69, 9.17) is 9.47 Å². The van der Waals surface area contributed by atoms with E-state index >= 15 is 0 Å². The number of ether oxygens (including phenoxy) is 2. The summed E-state index contributed by atoms with van der Waals surface area (Å²) in [7, 11) is 2.82. The van der Waals surface area contributed by atoms with Gasteiger partial charge in [0.2, 0.25) is 11.7 Å². The quantitative estimate of drug-likeness (QED) is 0.405. The van der Waals surface area contributed by atoms with Gasteiger partial charge < -0.3 is 14.5 Å². The summed E-state index contributed by atoms with van der Waals surface area (Å²) in [4.78, 5) is 18.0. The van der Waals surface area contributed by atoms with Crippen LogP contribution in [0.5, 0.6) is 11.5 Å². The van der Waals surface area contributed by atoms with E-state index in [0.29, 0.717) is 17.3 Å². The van der Waals surface area contributed by atoms with Gasteiger partial charge >= 0.3 is 5.69 Å². The predicted octanol–water partition coefficient (Wildman–Crippen LogP) is 2.93. The van der Waals surface area contributed by atoms with Crippen molar-refractivity contribution in [1.29, 1.82) is 0 Å². The van der Waals surface area contributed by atoms with Crippen molar-refractivity contribution in [3.8, 4) is 11.5 Å². The van der Waals surface area contributed by atoms with Gasteiger partial charge in [0.25, 0.3) is 0 Å². The third kappa shape index (κ3) is 3.34. The number of hydrazone groups is 1. The van der Waals surface area contributed by atoms with E-state index in [2.05, 4.69) is 20.5 Å². The van der Waals surface area contributed by atoms with Crippen LogP contribution in [-0.4, -0.2) is 35.3 Å². The molecule has 0 radical (unpaired) electrons. The summed E-state index contributed by atoms with van der Waals surface area (Å²) in [5, 5.41) is 15.2. The fourth-order valence-electron chi connectivity index (χ4n) is 2.32. The lowest BCUT2D eigenvalue weighted by Crippen LogP contribution is -1.99. The molecule has 25 heavy (non-hydrogen) atoms. The standard InChI is InChI=1S/C16H15N5O4/c1-24-14-8-15(25-2)13(21(22)23)7-10(14)9-17-20-16-18-11-5-3-4-6-12(11)19-16/h3-9H,1-2H3,(H2,18,19,20)/b17-9+. The zero-order valence-electron chi connectivity index (χ0n) is 13.5. The molecule has 0 bridgehead atoms. The average molecular weight is 341 g/mol. The number of nitrogens with zero attached hydrogens (tertiary/aromatic N) is 3. The monoisotopic (exact) mass is 341 g/mol. The maximum Gasteiger partial charge on any atom is 0.311 e. The molecule has 2 aromatic carbocycles. The molecule has 0 aliphatic heterocycles. The molecule has 3 aromatic rings. The van der Waals surface area contributed by atoms with Crippen molar-refractivity contribution in [2.24, 2.45) is 5.10 Å². The number of para-hydroxylation sites is 2. The number of H-pyrrole nitrogens is 1. The number of benzene rings is 2. The number of imidazole rings is 1. The number of nitrogens with one attached hydrogen (secondary N) is 2. The number of aromatic amines is 1. The first-order valence-corrected chi connectivity index (χ1v) is 7.26. The van der Waals surface area contributed by atoms with Gasteiger partial charge in [-0.15, -0.1) is 0 Å². The number of nitro benzene ring substituents is 1. The fraction of sp³-hybridized carbons (Fsp3) is 0.125. The van der Waals surface area contributed by atoms with E-state index in [9.17, 15) is 10.1 Å². The molecule has 0 aliphatic rings. The number of hydrogen-bond donors (Lipinski definition) is 2. The zero-order valence-corrected chi connectivity index (χ0v) is 13.5. The van der Waals surface area contributed by atoms with Crippen LogP contribution in [0.3, 0.4) is 0 Å². The molecule has 1 heterocycles. The molecule has 0 atom stereocenters. The maximum absolute atomic E-state index is 11.1. The first kappa shape index (κ1) is 16.2. The van der Waals surface area contributed by atoms with Crippen LogP contribution in [0.1, 0.15) is 5.56 Å². The van der Waals surface area contributed by atoms with Crippen LogP contribution in [0, 0.1) is 10.1 Å². The minimum atomic E-state index is -0.526. The summed E-state index contributed by atoms with van der Waals surface area (Å²) in [5.74, 6) is 0.973. The molecule has 0 aliphatic carbocycles. The molecular formula is C16H15N5O4. The third-order valence-electron chi connectivity index (χ3n) is 3.49. The van der Waals surface area contributed by atoms with Gasteiger partial charge in [0.1, 0.15) is 5.75 Å². The number of fused-ring (bicyclic) bond motifs is 1. The summed E-state index contributed by atoms with van der Waals surface area (Å²) in [6.45, 7) is 0. The Morgan fingerprint density at radius 1 is 1.24 bits per heavy atom. The van der Waals surface area contributed by atoms with E-state index in [1.807, 2.05) is 24.3 Å². The van der Waals surface area contributed by atoms with Crippen LogP contribution in [0.15, 0.2) is 41.5 Å². The summed E-state index contributed by atoms with van der Waals surface area (Å²) in [6, 6.07) is 10.3. The first-order chi connectivity index (χ1) is 12.1. The minimum absolute atomic E-state index is 0.115. The third-order valence-corrected chi connectivity index (χ3v) is 3.49. The molecule has 9 nitrogen and oxygen atoms in total. The Morgan fingerprint density at radius 3 is 2.68 bits per heavy atom. The van der Waals surface area contributed by atoms with Crippen molar-refractivity contribution < 1.29 is 14.4 Å². The number of rotatable bonds is 6. The Bertz CT molecular complexity index is 918. The van der Waals surface area contributed by atoms with Gasteiger partial charge in [-0.05, 0) is 12.1 Å². The number of aromatic nitrogens is 2. The molecule has 9 heteroatoms. The summed E-state index contributed by atoms with van der Waals surface area (Å²) >= 11 is 0. The molecule has 1 aromatic heterocycles. The van der Waals surface area contributed by atoms with Crippen molar-refractivity contribution in [2.75, 3.05) is 19.6 Å². The molecule has 2 N–H and O–H groups in total. The molecule has 0 amide bonds. The number of anilines is 1. The van der Waals surface area contributed by atoms with Crippen molar-refractivity contribution in [3.63, 3.8) is 0 Å². The van der Waals surface area contributed by atoms with Gasteiger partial charge in [0.05, 0.1) is 36.4 Å². The van der Waals surface area contributed by atoms with Crippen LogP contribution >= 0.6 is 0 Å². The van der Waals surface area contributed by atoms with Gasteiger partial charge in [0.15, 0.2) is 0 Å².